The van der Waals surface area contributed by atoms with Gasteiger partial charge in [-0.25, -0.2) is 0 Å². The van der Waals surface area contributed by atoms with Gasteiger partial charge in [-0.2, -0.15) is 0 Å². The highest BCUT2D eigenvalue weighted by Gasteiger charge is 2.12. The molecular formula is C20H22ClNO4. The highest BCUT2D eigenvalue weighted by atomic mass is 35.5. The van der Waals surface area contributed by atoms with E-state index in [-0.39, 0.29) is 12.5 Å². The molecule has 0 fully saturated rings. The van der Waals surface area contributed by atoms with E-state index in [4.69, 9.17) is 25.8 Å². The third-order valence-corrected chi connectivity index (χ3v) is 4.13. The number of methoxy groups -OCH3 is 2. The second-order valence-electron chi connectivity index (χ2n) is 5.62. The number of carbonyl (C=O) groups excluding carboxylic acids is 1. The number of allylic oxidation sites excluding steroid dienone is 1. The molecule has 1 N–H and O–H groups in total. The minimum atomic E-state index is -0.317. The van der Waals surface area contributed by atoms with Crippen LogP contribution in [-0.2, 0) is 11.2 Å². The fourth-order valence-corrected chi connectivity index (χ4v) is 2.54. The summed E-state index contributed by atoms with van der Waals surface area (Å²) in [6.45, 7) is 5.40. The Morgan fingerprint density at radius 3 is 2.54 bits per heavy atom. The summed E-state index contributed by atoms with van der Waals surface area (Å²) in [4.78, 5) is 12.2. The first kappa shape index (κ1) is 19.7. The van der Waals surface area contributed by atoms with Crippen molar-refractivity contribution in [3.63, 3.8) is 0 Å². The molecule has 0 saturated heterocycles. The lowest BCUT2D eigenvalue weighted by Crippen LogP contribution is -2.20. The quantitative estimate of drug-likeness (QED) is 0.694. The van der Waals surface area contributed by atoms with Gasteiger partial charge in [0, 0.05) is 11.1 Å². The summed E-state index contributed by atoms with van der Waals surface area (Å²) < 4.78 is 16.2. The van der Waals surface area contributed by atoms with Crippen molar-refractivity contribution in [3.05, 3.63) is 59.1 Å². The molecule has 2 aromatic carbocycles. The first-order valence-electron chi connectivity index (χ1n) is 8.03. The predicted molar refractivity (Wildman–Crippen MR) is 104 cm³/mol. The molecule has 5 nitrogen and oxygen atoms in total. The normalized spacial score (nSPS) is 10.2. The molecule has 0 unspecified atom stereocenters. The van der Waals surface area contributed by atoms with E-state index in [0.717, 1.165) is 17.5 Å². The van der Waals surface area contributed by atoms with E-state index in [1.165, 1.54) is 7.11 Å². The van der Waals surface area contributed by atoms with Crippen molar-refractivity contribution >= 4 is 23.2 Å². The van der Waals surface area contributed by atoms with E-state index >= 15 is 0 Å². The summed E-state index contributed by atoms with van der Waals surface area (Å²) in [5, 5.41) is 3.34. The van der Waals surface area contributed by atoms with Gasteiger partial charge in [-0.1, -0.05) is 23.7 Å². The van der Waals surface area contributed by atoms with Crippen LogP contribution in [0.1, 0.15) is 11.1 Å². The minimum Gasteiger partial charge on any atom is -0.495 e. The first-order chi connectivity index (χ1) is 12.5. The molecule has 0 aromatic heterocycles. The Hall–Kier alpha value is -2.66. The zero-order valence-corrected chi connectivity index (χ0v) is 15.9. The summed E-state index contributed by atoms with van der Waals surface area (Å²) >= 11 is 6.07. The predicted octanol–water partition coefficient (Wildman–Crippen LogP) is 4.41. The lowest BCUT2D eigenvalue weighted by atomic mass is 10.1. The summed E-state index contributed by atoms with van der Waals surface area (Å²) in [5.41, 5.74) is 2.43. The maximum atomic E-state index is 12.2. The van der Waals surface area contributed by atoms with Gasteiger partial charge in [-0.3, -0.25) is 4.79 Å². The van der Waals surface area contributed by atoms with Crippen LogP contribution in [0.25, 0.3) is 0 Å². The molecule has 2 rings (SSSR count). The van der Waals surface area contributed by atoms with E-state index in [1.807, 2.05) is 25.1 Å². The van der Waals surface area contributed by atoms with Crippen molar-refractivity contribution in [2.75, 3.05) is 26.1 Å². The Morgan fingerprint density at radius 2 is 1.88 bits per heavy atom. The molecule has 0 bridgehead atoms. The van der Waals surface area contributed by atoms with Crippen LogP contribution < -0.4 is 19.5 Å². The largest absolute Gasteiger partial charge is 0.495 e. The average molecular weight is 376 g/mol. The summed E-state index contributed by atoms with van der Waals surface area (Å²) in [6.07, 6.45) is 2.54. The van der Waals surface area contributed by atoms with Crippen LogP contribution in [0.3, 0.4) is 0 Å². The molecular weight excluding hydrogens is 354 g/mol. The van der Waals surface area contributed by atoms with E-state index in [9.17, 15) is 4.79 Å². The van der Waals surface area contributed by atoms with Crippen LogP contribution in [0.4, 0.5) is 5.69 Å². The molecule has 0 atom stereocenters. The molecule has 2 aromatic rings. The fourth-order valence-electron chi connectivity index (χ4n) is 2.38. The fraction of sp³-hybridized carbons (Fsp3) is 0.250. The van der Waals surface area contributed by atoms with E-state index in [1.54, 1.807) is 25.3 Å². The standard InChI is InChI=1S/C20H22ClNO4/c1-5-6-14-7-8-17(19(10-14)25-4)26-12-20(23)22-16-9-13(2)15(21)11-18(16)24-3/h5,7-11H,1,6,12H2,2-4H3,(H,22,23). The molecule has 138 valence electrons. The highest BCUT2D eigenvalue weighted by Crippen LogP contribution is 2.31. The Bertz CT molecular complexity index is 805. The Morgan fingerprint density at radius 1 is 1.15 bits per heavy atom. The second-order valence-corrected chi connectivity index (χ2v) is 6.02. The van der Waals surface area contributed by atoms with E-state index < -0.39 is 0 Å². The number of hydrogen-bond donors (Lipinski definition) is 1. The van der Waals surface area contributed by atoms with Crippen molar-refractivity contribution in [3.8, 4) is 17.2 Å². The topological polar surface area (TPSA) is 56.8 Å². The van der Waals surface area contributed by atoms with E-state index in [2.05, 4.69) is 11.9 Å². The SMILES string of the molecule is C=CCc1ccc(OCC(=O)Nc2cc(C)c(Cl)cc2OC)c(OC)c1. The summed E-state index contributed by atoms with van der Waals surface area (Å²) in [7, 11) is 3.07. The highest BCUT2D eigenvalue weighted by molar-refractivity contribution is 6.31. The number of benzene rings is 2. The monoisotopic (exact) mass is 375 g/mol. The van der Waals surface area contributed by atoms with E-state index in [0.29, 0.717) is 28.0 Å². The third kappa shape index (κ3) is 4.92. The van der Waals surface area contributed by atoms with Gasteiger partial charge >= 0.3 is 0 Å². The molecule has 0 radical (unpaired) electrons. The maximum Gasteiger partial charge on any atom is 0.262 e. The Balaban J connectivity index is 2.05. The number of amides is 1. The van der Waals surface area contributed by atoms with Gasteiger partial charge < -0.3 is 19.5 Å². The van der Waals surface area contributed by atoms with Crippen molar-refractivity contribution in [2.24, 2.45) is 0 Å². The molecule has 0 saturated carbocycles. The Labute approximate surface area is 158 Å². The number of aryl methyl sites for hydroxylation is 1. The van der Waals surface area contributed by atoms with Crippen LogP contribution in [0.5, 0.6) is 17.2 Å². The van der Waals surface area contributed by atoms with Crippen LogP contribution in [0.2, 0.25) is 5.02 Å². The smallest absolute Gasteiger partial charge is 0.262 e. The lowest BCUT2D eigenvalue weighted by Gasteiger charge is -2.14. The zero-order chi connectivity index (χ0) is 19.1. The van der Waals surface area contributed by atoms with Crippen molar-refractivity contribution < 1.29 is 19.0 Å². The zero-order valence-electron chi connectivity index (χ0n) is 15.1. The van der Waals surface area contributed by atoms with Crippen LogP contribution >= 0.6 is 11.6 Å². The van der Waals surface area contributed by atoms with Gasteiger partial charge in [-0.15, -0.1) is 6.58 Å². The van der Waals surface area contributed by atoms with Gasteiger partial charge in [0.25, 0.3) is 5.91 Å². The number of ether oxygens (including phenoxy) is 3. The molecule has 0 aliphatic rings. The number of rotatable bonds is 8. The molecule has 1 amide bonds. The molecule has 26 heavy (non-hydrogen) atoms. The summed E-state index contributed by atoms with van der Waals surface area (Å²) in [5.74, 6) is 1.23. The molecule has 0 aliphatic heterocycles. The van der Waals surface area contributed by atoms with Crippen LogP contribution in [0, 0.1) is 6.92 Å². The van der Waals surface area contributed by atoms with Gasteiger partial charge in [0.1, 0.15) is 5.75 Å². The van der Waals surface area contributed by atoms with Gasteiger partial charge in [0.15, 0.2) is 18.1 Å². The number of hydrogen-bond acceptors (Lipinski definition) is 4. The first-order valence-corrected chi connectivity index (χ1v) is 8.40. The lowest BCUT2D eigenvalue weighted by molar-refractivity contribution is -0.118. The minimum absolute atomic E-state index is 0.165. The average Bonchev–Trinajstić information content (AvgIpc) is 2.63. The van der Waals surface area contributed by atoms with Crippen LogP contribution in [-0.4, -0.2) is 26.7 Å². The maximum absolute atomic E-state index is 12.2. The van der Waals surface area contributed by atoms with Gasteiger partial charge in [0.2, 0.25) is 0 Å². The number of nitrogens with one attached hydrogen (secondary N) is 1. The second kappa shape index (κ2) is 9.15. The third-order valence-electron chi connectivity index (χ3n) is 3.72. The molecule has 0 aliphatic carbocycles. The van der Waals surface area contributed by atoms with Crippen LogP contribution in [0.15, 0.2) is 43.0 Å². The van der Waals surface area contributed by atoms with Crippen molar-refractivity contribution in [1.29, 1.82) is 0 Å². The van der Waals surface area contributed by atoms with Crippen molar-refractivity contribution in [2.45, 2.75) is 13.3 Å². The molecule has 0 spiro atoms. The Kier molecular flexibility index (Phi) is 6.92. The van der Waals surface area contributed by atoms with Gasteiger partial charge in [0.05, 0.1) is 19.9 Å². The summed E-state index contributed by atoms with van der Waals surface area (Å²) in [6, 6.07) is 8.96. The number of anilines is 1. The van der Waals surface area contributed by atoms with Gasteiger partial charge in [-0.05, 0) is 42.7 Å². The molecule has 0 heterocycles. The number of carbonyl (C=O) groups is 1. The molecule has 6 heteroatoms. The van der Waals surface area contributed by atoms with Crippen molar-refractivity contribution in [1.82, 2.24) is 0 Å². The number of halogens is 1.